The molecular weight excluding hydrogens is 202 g/mol. The van der Waals surface area contributed by atoms with Crippen molar-refractivity contribution in [3.63, 3.8) is 0 Å². The molecule has 0 aromatic heterocycles. The van der Waals surface area contributed by atoms with E-state index < -0.39 is 10.0 Å². The van der Waals surface area contributed by atoms with Gasteiger partial charge in [0.15, 0.2) is 0 Å². The summed E-state index contributed by atoms with van der Waals surface area (Å²) in [4.78, 5) is 0. The van der Waals surface area contributed by atoms with E-state index in [-0.39, 0.29) is 0 Å². The fourth-order valence-electron chi connectivity index (χ4n) is 2.37. The lowest BCUT2D eigenvalue weighted by Gasteiger charge is -2.17. The molecule has 0 bridgehead atoms. The molecule has 0 aromatic rings. The highest BCUT2D eigenvalue weighted by atomic mass is 32.2. The molecule has 0 aliphatic carbocycles. The van der Waals surface area contributed by atoms with Crippen molar-refractivity contribution in [3.05, 3.63) is 0 Å². The second-order valence-electron chi connectivity index (χ2n) is 4.22. The van der Waals surface area contributed by atoms with Gasteiger partial charge in [-0.25, -0.2) is 13.1 Å². The van der Waals surface area contributed by atoms with E-state index in [4.69, 9.17) is 0 Å². The molecule has 0 aromatic carbocycles. The summed E-state index contributed by atoms with van der Waals surface area (Å²) >= 11 is 0. The third kappa shape index (κ3) is 2.25. The van der Waals surface area contributed by atoms with Crippen molar-refractivity contribution in [2.24, 2.45) is 11.8 Å². The summed E-state index contributed by atoms with van der Waals surface area (Å²) in [6, 6.07) is 0.296. The Bertz CT molecular complexity index is 304. The standard InChI is InChI=1S/C8H17N3O2S/c1-14(12,13)11-5-8-7-4-9-2-6(7)3-10-8/h6-11H,2-5H2,1H3. The summed E-state index contributed by atoms with van der Waals surface area (Å²) in [5, 5.41) is 6.70. The molecule has 3 atom stereocenters. The summed E-state index contributed by atoms with van der Waals surface area (Å²) in [5.74, 6) is 1.27. The zero-order valence-corrected chi connectivity index (χ0v) is 9.10. The van der Waals surface area contributed by atoms with Crippen LogP contribution in [0, 0.1) is 11.8 Å². The Labute approximate surface area is 84.7 Å². The molecule has 2 saturated heterocycles. The average Bonchev–Trinajstić information content (AvgIpc) is 2.59. The molecule has 6 heteroatoms. The number of hydrogen-bond donors (Lipinski definition) is 3. The monoisotopic (exact) mass is 219 g/mol. The van der Waals surface area contributed by atoms with Crippen molar-refractivity contribution in [3.8, 4) is 0 Å². The first-order valence-electron chi connectivity index (χ1n) is 4.95. The lowest BCUT2D eigenvalue weighted by atomic mass is 9.94. The van der Waals surface area contributed by atoms with Crippen LogP contribution in [-0.4, -0.2) is 46.9 Å². The molecule has 3 N–H and O–H groups in total. The molecule has 2 rings (SSSR count). The van der Waals surface area contributed by atoms with Crippen molar-refractivity contribution >= 4 is 10.0 Å². The van der Waals surface area contributed by atoms with Crippen LogP contribution in [0.1, 0.15) is 0 Å². The van der Waals surface area contributed by atoms with Gasteiger partial charge in [0.1, 0.15) is 0 Å². The number of hydrogen-bond acceptors (Lipinski definition) is 4. The molecule has 2 aliphatic rings. The normalized spacial score (nSPS) is 37.4. The van der Waals surface area contributed by atoms with Crippen LogP contribution in [0.3, 0.4) is 0 Å². The van der Waals surface area contributed by atoms with Crippen LogP contribution in [0.15, 0.2) is 0 Å². The third-order valence-corrected chi connectivity index (χ3v) is 3.81. The smallest absolute Gasteiger partial charge is 0.208 e. The van der Waals surface area contributed by atoms with Gasteiger partial charge in [0.25, 0.3) is 0 Å². The summed E-state index contributed by atoms with van der Waals surface area (Å²) in [6.07, 6.45) is 1.20. The van der Waals surface area contributed by atoms with Crippen LogP contribution in [0.5, 0.6) is 0 Å². The lowest BCUT2D eigenvalue weighted by molar-refractivity contribution is 0.432. The summed E-state index contributed by atoms with van der Waals surface area (Å²) < 4.78 is 24.4. The molecule has 0 radical (unpaired) electrons. The Kier molecular flexibility index (Phi) is 2.79. The fraction of sp³-hybridized carbons (Fsp3) is 1.00. The number of fused-ring (bicyclic) bond motifs is 1. The second-order valence-corrected chi connectivity index (χ2v) is 6.05. The molecule has 2 fully saturated rings. The van der Waals surface area contributed by atoms with Crippen LogP contribution in [0.25, 0.3) is 0 Å². The zero-order chi connectivity index (χ0) is 10.2. The van der Waals surface area contributed by atoms with Crippen molar-refractivity contribution in [1.29, 1.82) is 0 Å². The first-order chi connectivity index (χ1) is 6.56. The predicted molar refractivity (Wildman–Crippen MR) is 54.5 cm³/mol. The van der Waals surface area contributed by atoms with E-state index in [1.54, 1.807) is 0 Å². The van der Waals surface area contributed by atoms with Gasteiger partial charge in [-0.2, -0.15) is 0 Å². The van der Waals surface area contributed by atoms with Crippen molar-refractivity contribution in [2.45, 2.75) is 6.04 Å². The maximum absolute atomic E-state index is 10.9. The van der Waals surface area contributed by atoms with Crippen LogP contribution in [-0.2, 0) is 10.0 Å². The molecule has 3 unspecified atom stereocenters. The highest BCUT2D eigenvalue weighted by molar-refractivity contribution is 7.88. The van der Waals surface area contributed by atoms with E-state index in [1.165, 1.54) is 6.26 Å². The number of rotatable bonds is 3. The summed E-state index contributed by atoms with van der Waals surface area (Å²) in [5.41, 5.74) is 0. The number of nitrogens with one attached hydrogen (secondary N) is 3. The Balaban J connectivity index is 1.87. The van der Waals surface area contributed by atoms with Gasteiger partial charge in [-0.05, 0) is 31.5 Å². The van der Waals surface area contributed by atoms with Crippen molar-refractivity contribution in [1.82, 2.24) is 15.4 Å². The molecule has 2 aliphatic heterocycles. The van der Waals surface area contributed by atoms with Gasteiger partial charge in [-0.15, -0.1) is 0 Å². The topological polar surface area (TPSA) is 70.2 Å². The van der Waals surface area contributed by atoms with Gasteiger partial charge >= 0.3 is 0 Å². The first kappa shape index (κ1) is 10.4. The van der Waals surface area contributed by atoms with E-state index in [0.717, 1.165) is 19.6 Å². The Morgan fingerprint density at radius 2 is 2.14 bits per heavy atom. The maximum atomic E-state index is 10.9. The van der Waals surface area contributed by atoms with Crippen LogP contribution >= 0.6 is 0 Å². The van der Waals surface area contributed by atoms with Gasteiger partial charge in [0, 0.05) is 12.6 Å². The van der Waals surface area contributed by atoms with E-state index in [1.807, 2.05) is 0 Å². The first-order valence-corrected chi connectivity index (χ1v) is 6.84. The van der Waals surface area contributed by atoms with Gasteiger partial charge in [0.2, 0.25) is 10.0 Å². The van der Waals surface area contributed by atoms with Gasteiger partial charge in [-0.1, -0.05) is 0 Å². The SMILES string of the molecule is CS(=O)(=O)NCC1NCC2CNCC21. The minimum absolute atomic E-state index is 0.296. The third-order valence-electron chi connectivity index (χ3n) is 3.12. The molecular formula is C8H17N3O2S. The summed E-state index contributed by atoms with van der Waals surface area (Å²) in [7, 11) is -3.05. The van der Waals surface area contributed by atoms with Crippen LogP contribution < -0.4 is 15.4 Å². The van der Waals surface area contributed by atoms with Crippen LogP contribution in [0.2, 0.25) is 0 Å². The Morgan fingerprint density at radius 1 is 1.36 bits per heavy atom. The van der Waals surface area contributed by atoms with E-state index in [2.05, 4.69) is 15.4 Å². The molecule has 0 saturated carbocycles. The summed E-state index contributed by atoms with van der Waals surface area (Å²) in [6.45, 7) is 3.59. The number of sulfonamides is 1. The molecule has 2 heterocycles. The van der Waals surface area contributed by atoms with Gasteiger partial charge in [-0.3, -0.25) is 0 Å². The van der Waals surface area contributed by atoms with E-state index in [9.17, 15) is 8.42 Å². The van der Waals surface area contributed by atoms with Gasteiger partial charge < -0.3 is 10.6 Å². The fourth-order valence-corrected chi connectivity index (χ4v) is 2.85. The zero-order valence-electron chi connectivity index (χ0n) is 8.29. The molecule has 0 spiro atoms. The average molecular weight is 219 g/mol. The second kappa shape index (κ2) is 3.77. The van der Waals surface area contributed by atoms with Crippen molar-refractivity contribution < 1.29 is 8.42 Å². The predicted octanol–water partition coefficient (Wildman–Crippen LogP) is -1.66. The van der Waals surface area contributed by atoms with Gasteiger partial charge in [0.05, 0.1) is 6.26 Å². The maximum Gasteiger partial charge on any atom is 0.208 e. The Morgan fingerprint density at radius 3 is 2.86 bits per heavy atom. The minimum Gasteiger partial charge on any atom is -0.316 e. The minimum atomic E-state index is -3.05. The lowest BCUT2D eigenvalue weighted by Crippen LogP contribution is -2.41. The molecule has 82 valence electrons. The molecule has 14 heavy (non-hydrogen) atoms. The molecule has 0 amide bonds. The highest BCUT2D eigenvalue weighted by Gasteiger charge is 2.38. The Hall–Kier alpha value is -0.170. The van der Waals surface area contributed by atoms with E-state index >= 15 is 0 Å². The largest absolute Gasteiger partial charge is 0.316 e. The van der Waals surface area contributed by atoms with Crippen molar-refractivity contribution in [2.75, 3.05) is 32.4 Å². The van der Waals surface area contributed by atoms with E-state index in [0.29, 0.717) is 24.4 Å². The van der Waals surface area contributed by atoms with Crippen LogP contribution in [0.4, 0.5) is 0 Å². The highest BCUT2D eigenvalue weighted by Crippen LogP contribution is 2.25. The molecule has 5 nitrogen and oxygen atoms in total. The quantitative estimate of drug-likeness (QED) is 0.531.